The van der Waals surface area contributed by atoms with Gasteiger partial charge < -0.3 is 10.6 Å². The van der Waals surface area contributed by atoms with Crippen molar-refractivity contribution in [3.8, 4) is 0 Å². The van der Waals surface area contributed by atoms with Crippen LogP contribution >= 0.6 is 22.9 Å². The number of carbonyl (C=O) groups excluding carboxylic acids is 1. The van der Waals surface area contributed by atoms with Crippen molar-refractivity contribution >= 4 is 39.7 Å². The highest BCUT2D eigenvalue weighted by atomic mass is 35.5. The number of rotatable bonds is 1. The predicted octanol–water partition coefficient (Wildman–Crippen LogP) is 3.61. The van der Waals surface area contributed by atoms with Gasteiger partial charge in [0.2, 0.25) is 0 Å². The van der Waals surface area contributed by atoms with Crippen molar-refractivity contribution in [3.05, 3.63) is 39.9 Å². The van der Waals surface area contributed by atoms with Crippen LogP contribution in [0.5, 0.6) is 0 Å². The molecule has 2 heterocycles. The zero-order valence-electron chi connectivity index (χ0n) is 11.4. The Hall–Kier alpha value is -1.59. The first-order valence-corrected chi connectivity index (χ1v) is 7.68. The molecule has 2 N–H and O–H groups in total. The number of aromatic nitrogens is 1. The van der Waals surface area contributed by atoms with Crippen LogP contribution in [0, 0.1) is 0 Å². The molecule has 0 unspecified atom stereocenters. The summed E-state index contributed by atoms with van der Waals surface area (Å²) < 4.78 is 0. The second kappa shape index (κ2) is 6.24. The maximum Gasteiger partial charge on any atom is 0.270 e. The van der Waals surface area contributed by atoms with Crippen molar-refractivity contribution in [2.45, 2.75) is 20.3 Å². The second-order valence-electron chi connectivity index (χ2n) is 3.99. The number of hydrogen-bond acceptors (Lipinski definition) is 4. The summed E-state index contributed by atoms with van der Waals surface area (Å²) in [4.78, 5) is 18.8. The van der Waals surface area contributed by atoms with Gasteiger partial charge in [0.1, 0.15) is 4.88 Å². The highest BCUT2D eigenvalue weighted by Crippen LogP contribution is 2.32. The van der Waals surface area contributed by atoms with E-state index in [0.29, 0.717) is 28.0 Å². The summed E-state index contributed by atoms with van der Waals surface area (Å²) in [5.41, 5.74) is 7.18. The van der Waals surface area contributed by atoms with Crippen molar-refractivity contribution in [1.82, 2.24) is 4.98 Å². The van der Waals surface area contributed by atoms with Crippen LogP contribution in [0.4, 0.5) is 10.8 Å². The number of nitrogen functional groups attached to an aromatic ring is 1. The largest absolute Gasteiger partial charge is 0.375 e. The Labute approximate surface area is 127 Å². The molecule has 0 bridgehead atoms. The highest BCUT2D eigenvalue weighted by Gasteiger charge is 2.29. The van der Waals surface area contributed by atoms with Gasteiger partial charge in [-0.05, 0) is 12.1 Å². The number of benzene rings is 1. The molecule has 0 saturated heterocycles. The number of fused-ring (bicyclic) bond motifs is 1. The quantitative estimate of drug-likeness (QED) is 0.875. The van der Waals surface area contributed by atoms with Gasteiger partial charge in [0, 0.05) is 13.0 Å². The zero-order chi connectivity index (χ0) is 14.7. The number of amides is 1. The molecule has 0 saturated carbocycles. The molecule has 2 aromatic rings. The Bertz CT molecular complexity index is 627. The van der Waals surface area contributed by atoms with Crippen LogP contribution in [0.15, 0.2) is 24.3 Å². The number of para-hydroxylation sites is 1. The number of nitrogens with zero attached hydrogens (tertiary/aromatic N) is 2. The van der Waals surface area contributed by atoms with Crippen LogP contribution in [0.2, 0.25) is 5.02 Å². The van der Waals surface area contributed by atoms with Crippen molar-refractivity contribution in [2.24, 2.45) is 0 Å². The average molecular weight is 310 g/mol. The van der Waals surface area contributed by atoms with Gasteiger partial charge in [0.05, 0.1) is 16.4 Å². The smallest absolute Gasteiger partial charge is 0.270 e. The molecule has 106 valence electrons. The molecule has 4 nitrogen and oxygen atoms in total. The molecule has 0 radical (unpaired) electrons. The average Bonchev–Trinajstić information content (AvgIpc) is 2.84. The lowest BCUT2D eigenvalue weighted by Gasteiger charge is -2.26. The third-order valence-electron chi connectivity index (χ3n) is 2.87. The SMILES string of the molecule is CC.Nc1nc2c(s1)C(=O)N(c1ccccc1Cl)CC2. The Kier molecular flexibility index (Phi) is 4.62. The van der Waals surface area contributed by atoms with Crippen molar-refractivity contribution < 1.29 is 4.79 Å². The molecule has 6 heteroatoms. The minimum Gasteiger partial charge on any atom is -0.375 e. The van der Waals surface area contributed by atoms with E-state index in [1.54, 1.807) is 11.0 Å². The predicted molar refractivity (Wildman–Crippen MR) is 84.7 cm³/mol. The van der Waals surface area contributed by atoms with Crippen molar-refractivity contribution in [1.29, 1.82) is 0 Å². The van der Waals surface area contributed by atoms with Crippen LogP contribution in [0.25, 0.3) is 0 Å². The van der Waals surface area contributed by atoms with Gasteiger partial charge >= 0.3 is 0 Å². The van der Waals surface area contributed by atoms with E-state index in [1.165, 1.54) is 11.3 Å². The van der Waals surface area contributed by atoms with Gasteiger partial charge in [-0.25, -0.2) is 4.98 Å². The summed E-state index contributed by atoms with van der Waals surface area (Å²) in [6.07, 6.45) is 0.708. The molecule has 0 spiro atoms. The van der Waals surface area contributed by atoms with Crippen LogP contribution in [0.3, 0.4) is 0 Å². The number of anilines is 2. The Morgan fingerprint density at radius 2 is 2.05 bits per heavy atom. The lowest BCUT2D eigenvalue weighted by atomic mass is 10.1. The molecule has 1 aromatic heterocycles. The number of hydrogen-bond donors (Lipinski definition) is 1. The summed E-state index contributed by atoms with van der Waals surface area (Å²) >= 11 is 7.36. The van der Waals surface area contributed by atoms with E-state index in [1.807, 2.05) is 32.0 Å². The molecule has 0 atom stereocenters. The number of carbonyl (C=O) groups is 1. The summed E-state index contributed by atoms with van der Waals surface area (Å²) in [6.45, 7) is 4.58. The zero-order valence-corrected chi connectivity index (χ0v) is 13.0. The summed E-state index contributed by atoms with van der Waals surface area (Å²) in [5, 5.41) is 1.01. The molecule has 1 aliphatic rings. The van der Waals surface area contributed by atoms with Gasteiger partial charge in [-0.15, -0.1) is 0 Å². The van der Waals surface area contributed by atoms with Crippen molar-refractivity contribution in [2.75, 3.05) is 17.2 Å². The Morgan fingerprint density at radius 1 is 1.35 bits per heavy atom. The number of thiazole rings is 1. The first-order chi connectivity index (χ1) is 9.66. The normalized spacial score (nSPS) is 13.6. The molecular formula is C14H16ClN3OS. The lowest BCUT2D eigenvalue weighted by Crippen LogP contribution is -2.37. The molecule has 1 aliphatic heterocycles. The van der Waals surface area contributed by atoms with E-state index >= 15 is 0 Å². The standard InChI is InChI=1S/C12H10ClN3OS.C2H6/c13-7-3-1-2-4-9(7)16-6-5-8-10(11(16)17)18-12(14)15-8;1-2/h1-4H,5-6H2,(H2,14,15);1-2H3. The molecule has 3 rings (SSSR count). The fourth-order valence-electron chi connectivity index (χ4n) is 2.05. The Balaban J connectivity index is 0.000000704. The minimum atomic E-state index is -0.0708. The molecule has 20 heavy (non-hydrogen) atoms. The third-order valence-corrected chi connectivity index (χ3v) is 4.10. The van der Waals surface area contributed by atoms with Crippen molar-refractivity contribution in [3.63, 3.8) is 0 Å². The maximum atomic E-state index is 12.4. The van der Waals surface area contributed by atoms with E-state index in [4.69, 9.17) is 17.3 Å². The first kappa shape index (κ1) is 14.8. The van der Waals surface area contributed by atoms with Gasteiger partial charge in [-0.1, -0.05) is 48.9 Å². The first-order valence-electron chi connectivity index (χ1n) is 6.48. The monoisotopic (exact) mass is 309 g/mol. The van der Waals surface area contributed by atoms with Crippen LogP contribution in [0.1, 0.15) is 29.2 Å². The summed E-state index contributed by atoms with van der Waals surface area (Å²) in [5.74, 6) is -0.0708. The third kappa shape index (κ3) is 2.64. The van der Waals surface area contributed by atoms with E-state index in [0.717, 1.165) is 11.4 Å². The van der Waals surface area contributed by atoms with E-state index in [2.05, 4.69) is 4.98 Å². The van der Waals surface area contributed by atoms with Gasteiger partial charge in [0.15, 0.2) is 5.13 Å². The number of nitrogens with two attached hydrogens (primary N) is 1. The topological polar surface area (TPSA) is 59.2 Å². The Morgan fingerprint density at radius 3 is 2.75 bits per heavy atom. The second-order valence-corrected chi connectivity index (χ2v) is 5.42. The van der Waals surface area contributed by atoms with E-state index in [9.17, 15) is 4.79 Å². The summed E-state index contributed by atoms with van der Waals surface area (Å²) in [7, 11) is 0. The van der Waals surface area contributed by atoms with Crippen LogP contribution < -0.4 is 10.6 Å². The molecular weight excluding hydrogens is 294 g/mol. The fraction of sp³-hybridized carbons (Fsp3) is 0.286. The fourth-order valence-corrected chi connectivity index (χ4v) is 3.11. The molecule has 1 aromatic carbocycles. The van der Waals surface area contributed by atoms with E-state index in [-0.39, 0.29) is 5.91 Å². The molecule has 0 fully saturated rings. The minimum absolute atomic E-state index is 0.0708. The summed E-state index contributed by atoms with van der Waals surface area (Å²) in [6, 6.07) is 7.33. The van der Waals surface area contributed by atoms with Gasteiger partial charge in [-0.3, -0.25) is 4.79 Å². The maximum absolute atomic E-state index is 12.4. The van der Waals surface area contributed by atoms with Gasteiger partial charge in [-0.2, -0.15) is 0 Å². The van der Waals surface area contributed by atoms with Gasteiger partial charge in [0.25, 0.3) is 5.91 Å². The number of halogens is 1. The van der Waals surface area contributed by atoms with E-state index < -0.39 is 0 Å². The van der Waals surface area contributed by atoms with Crippen LogP contribution in [-0.4, -0.2) is 17.4 Å². The van der Waals surface area contributed by atoms with Crippen LogP contribution in [-0.2, 0) is 6.42 Å². The molecule has 0 aliphatic carbocycles. The highest BCUT2D eigenvalue weighted by molar-refractivity contribution is 7.17. The lowest BCUT2D eigenvalue weighted by molar-refractivity contribution is 0.0984. The molecule has 1 amide bonds.